The highest BCUT2D eigenvalue weighted by molar-refractivity contribution is 5.86. The summed E-state index contributed by atoms with van der Waals surface area (Å²) >= 11 is 0. The summed E-state index contributed by atoms with van der Waals surface area (Å²) in [6.45, 7) is 7.50. The van der Waals surface area contributed by atoms with Gasteiger partial charge in [-0.25, -0.2) is 9.59 Å². The first-order chi connectivity index (χ1) is 21.7. The number of esters is 1. The Kier molecular flexibility index (Phi) is 12.5. The van der Waals surface area contributed by atoms with Gasteiger partial charge in [0.15, 0.2) is 0 Å². The Balaban J connectivity index is 1.31. The number of benzene rings is 2. The number of likely N-dealkylation sites (tertiary alicyclic amines) is 2. The Morgan fingerprint density at radius 1 is 0.889 bits per heavy atom. The molecule has 4 atom stereocenters. The summed E-state index contributed by atoms with van der Waals surface area (Å²) in [6, 6.07) is 17.3. The van der Waals surface area contributed by atoms with Crippen LogP contribution in [0.5, 0.6) is 0 Å². The van der Waals surface area contributed by atoms with Crippen LogP contribution in [0, 0.1) is 5.92 Å². The Morgan fingerprint density at radius 3 is 2.04 bits per heavy atom. The average Bonchev–Trinajstić information content (AvgIpc) is 3.46. The molecule has 2 aromatic carbocycles. The number of ether oxygens (including phenoxy) is 3. The zero-order valence-electron chi connectivity index (χ0n) is 26.8. The van der Waals surface area contributed by atoms with Crippen LogP contribution in [-0.4, -0.2) is 77.8 Å². The molecule has 3 amide bonds. The van der Waals surface area contributed by atoms with Gasteiger partial charge in [-0.05, 0) is 63.5 Å². The van der Waals surface area contributed by atoms with E-state index in [4.69, 9.17) is 14.2 Å². The van der Waals surface area contributed by atoms with E-state index < -0.39 is 28.6 Å². The topological polar surface area (TPSA) is 111 Å². The van der Waals surface area contributed by atoms with Gasteiger partial charge in [-0.2, -0.15) is 9.28 Å². The van der Waals surface area contributed by atoms with Crippen molar-refractivity contribution in [2.24, 2.45) is 5.92 Å². The lowest BCUT2D eigenvalue weighted by atomic mass is 9.90. The Hall–Kier alpha value is -3.76. The first-order valence-electron chi connectivity index (χ1n) is 16.3. The van der Waals surface area contributed by atoms with Gasteiger partial charge in [-0.15, -0.1) is 0 Å². The summed E-state index contributed by atoms with van der Waals surface area (Å²) in [5.74, 6) is -0.390. The fourth-order valence-corrected chi connectivity index (χ4v) is 6.45. The molecule has 2 aromatic rings. The molecular weight excluding hydrogens is 574 g/mol. The highest BCUT2D eigenvalue weighted by Crippen LogP contribution is 2.31. The van der Waals surface area contributed by atoms with E-state index in [1.54, 1.807) is 18.7 Å². The van der Waals surface area contributed by atoms with Gasteiger partial charge in [0.05, 0.1) is 13.2 Å². The second-order valence-electron chi connectivity index (χ2n) is 12.2. The van der Waals surface area contributed by atoms with Gasteiger partial charge in [0.2, 0.25) is 0 Å². The number of hydrogen-bond acceptors (Lipinski definition) is 8. The summed E-state index contributed by atoms with van der Waals surface area (Å²) in [5.41, 5.74) is 1.80. The van der Waals surface area contributed by atoms with Crippen molar-refractivity contribution < 1.29 is 37.9 Å². The lowest BCUT2D eigenvalue weighted by molar-refractivity contribution is -0.793. The van der Waals surface area contributed by atoms with Gasteiger partial charge in [0.25, 0.3) is 0 Å². The molecule has 0 aliphatic carbocycles. The molecule has 2 aliphatic rings. The Labute approximate surface area is 266 Å². The van der Waals surface area contributed by atoms with E-state index in [1.807, 2.05) is 67.6 Å². The molecule has 244 valence electrons. The second kappa shape index (κ2) is 16.5. The molecule has 0 aromatic heterocycles. The minimum absolute atomic E-state index is 0.0937. The van der Waals surface area contributed by atoms with Crippen molar-refractivity contribution >= 4 is 24.1 Å². The fraction of sp³-hybridized carbons (Fsp3) is 0.543. The maximum absolute atomic E-state index is 14.0. The van der Waals surface area contributed by atoms with E-state index in [9.17, 15) is 19.2 Å². The number of rotatable bonds is 12. The largest absolute Gasteiger partial charge is 0.524 e. The lowest BCUT2D eigenvalue weighted by Crippen LogP contribution is -2.65. The smallest absolute Gasteiger partial charge is 0.465 e. The molecule has 0 bridgehead atoms. The van der Waals surface area contributed by atoms with Gasteiger partial charge in [0.1, 0.15) is 31.3 Å². The molecule has 4 rings (SSSR count). The summed E-state index contributed by atoms with van der Waals surface area (Å²) in [5, 5.41) is 3.22. The molecule has 0 saturated carbocycles. The van der Waals surface area contributed by atoms with Gasteiger partial charge >= 0.3 is 24.1 Å². The molecule has 45 heavy (non-hydrogen) atoms. The van der Waals surface area contributed by atoms with Crippen LogP contribution in [0.3, 0.4) is 0 Å². The minimum Gasteiger partial charge on any atom is -0.465 e. The molecule has 0 spiro atoms. The fourth-order valence-electron chi connectivity index (χ4n) is 6.45. The third-order valence-electron chi connectivity index (χ3n) is 9.14. The molecule has 2 heterocycles. The number of imide groups is 1. The van der Waals surface area contributed by atoms with Crippen molar-refractivity contribution in [3.63, 3.8) is 0 Å². The summed E-state index contributed by atoms with van der Waals surface area (Å²) < 4.78 is 16.2. The third-order valence-corrected chi connectivity index (χ3v) is 9.14. The maximum atomic E-state index is 14.0. The highest BCUT2D eigenvalue weighted by Gasteiger charge is 2.55. The molecule has 10 heteroatoms. The van der Waals surface area contributed by atoms with Crippen LogP contribution >= 0.6 is 0 Å². The maximum Gasteiger partial charge on any atom is 0.524 e. The van der Waals surface area contributed by atoms with Crippen molar-refractivity contribution in [3.05, 3.63) is 71.8 Å². The predicted octanol–water partition coefficient (Wildman–Crippen LogP) is 5.59. The third kappa shape index (κ3) is 8.92. The molecule has 2 fully saturated rings. The number of hydrogen-bond donors (Lipinski definition) is 1. The van der Waals surface area contributed by atoms with E-state index >= 15 is 0 Å². The number of carbonyl (C=O) groups excluding carboxylic acids is 4. The van der Waals surface area contributed by atoms with Crippen LogP contribution in [0.15, 0.2) is 60.7 Å². The molecule has 1 N–H and O–H groups in total. The van der Waals surface area contributed by atoms with Crippen molar-refractivity contribution in [2.75, 3.05) is 26.2 Å². The Bertz CT molecular complexity index is 1270. The van der Waals surface area contributed by atoms with E-state index in [0.717, 1.165) is 43.2 Å². The van der Waals surface area contributed by atoms with Crippen LogP contribution in [0.2, 0.25) is 0 Å². The van der Waals surface area contributed by atoms with Crippen LogP contribution in [0.1, 0.15) is 70.4 Å². The number of amides is 3. The molecule has 2 aliphatic heterocycles. The van der Waals surface area contributed by atoms with Crippen LogP contribution in [-0.2, 0) is 37.0 Å². The number of nitrogens with zero attached hydrogens (tertiary/aromatic N) is 2. The van der Waals surface area contributed by atoms with Crippen LogP contribution in [0.25, 0.3) is 0 Å². The monoisotopic (exact) mass is 622 g/mol. The molecule has 10 nitrogen and oxygen atoms in total. The molecular formula is C35H48N3O7+. The summed E-state index contributed by atoms with van der Waals surface area (Å²) in [7, 11) is 0. The molecule has 2 saturated heterocycles. The van der Waals surface area contributed by atoms with Gasteiger partial charge in [-0.1, -0.05) is 60.7 Å². The van der Waals surface area contributed by atoms with E-state index in [2.05, 4.69) is 5.32 Å². The van der Waals surface area contributed by atoms with Crippen molar-refractivity contribution in [1.29, 1.82) is 0 Å². The normalized spacial score (nSPS) is 21.5. The quantitative estimate of drug-likeness (QED) is 0.185. The second-order valence-corrected chi connectivity index (χ2v) is 12.2. The van der Waals surface area contributed by atoms with E-state index in [1.165, 1.54) is 0 Å². The SMILES string of the molecule is CCOC(=O)[C@H](CCC1CCN(C(=O)OCc2ccccc2)CC1)N[C@@H](C)C(=O)[N+]1(C(=O)OCc2ccccc2)CCC[C@H]1C. The highest BCUT2D eigenvalue weighted by atomic mass is 16.6. The van der Waals surface area contributed by atoms with Gasteiger partial charge in [0, 0.05) is 25.9 Å². The Morgan fingerprint density at radius 2 is 1.49 bits per heavy atom. The van der Waals surface area contributed by atoms with Crippen LogP contribution in [0.4, 0.5) is 9.59 Å². The number of carbonyl (C=O) groups is 4. The lowest BCUT2D eigenvalue weighted by Gasteiger charge is -2.35. The standard InChI is InChI=1S/C35H48N3O7/c1-4-43-33(40)31(18-17-28-19-21-37(22-20-28)34(41)44-24-29-13-7-5-8-14-29)36-27(3)32(39)38(23-11-12-26(38)2)35(42)45-25-30-15-9-6-10-16-30/h5-10,13-16,26-28,31,36H,4,11-12,17-25H2,1-3H3/q+1/t26-,27+,31+,38?/m1/s1. The van der Waals surface area contributed by atoms with Gasteiger partial charge in [-0.3, -0.25) is 10.1 Å². The number of nitrogens with one attached hydrogen (secondary N) is 1. The number of quaternary nitrogens is 1. The molecule has 1 unspecified atom stereocenters. The van der Waals surface area contributed by atoms with Crippen LogP contribution < -0.4 is 5.32 Å². The predicted molar refractivity (Wildman–Crippen MR) is 169 cm³/mol. The summed E-state index contributed by atoms with van der Waals surface area (Å²) in [4.78, 5) is 54.8. The van der Waals surface area contributed by atoms with Crippen molar-refractivity contribution in [1.82, 2.24) is 10.2 Å². The van der Waals surface area contributed by atoms with E-state index in [0.29, 0.717) is 32.0 Å². The van der Waals surface area contributed by atoms with E-state index in [-0.39, 0.29) is 37.9 Å². The average molecular weight is 623 g/mol. The van der Waals surface area contributed by atoms with Crippen molar-refractivity contribution in [3.8, 4) is 0 Å². The summed E-state index contributed by atoms with van der Waals surface area (Å²) in [6.07, 6.45) is 3.42. The zero-order valence-corrected chi connectivity index (χ0v) is 26.8. The van der Waals surface area contributed by atoms with Crippen molar-refractivity contribution in [2.45, 2.75) is 90.6 Å². The number of piperidine rings is 1. The molecule has 0 radical (unpaired) electrons. The van der Waals surface area contributed by atoms with Gasteiger partial charge < -0.3 is 19.1 Å². The minimum atomic E-state index is -0.773. The zero-order chi connectivity index (χ0) is 32.2. The first-order valence-corrected chi connectivity index (χ1v) is 16.3. The first kappa shape index (κ1) is 34.1.